The van der Waals surface area contributed by atoms with Crippen LogP contribution in [0.3, 0.4) is 0 Å². The van der Waals surface area contributed by atoms with Gasteiger partial charge >= 0.3 is 0 Å². The summed E-state index contributed by atoms with van der Waals surface area (Å²) in [6, 6.07) is 11.7. The van der Waals surface area contributed by atoms with Crippen LogP contribution < -0.4 is 14.5 Å². The average molecular weight is 466 g/mol. The van der Waals surface area contributed by atoms with Crippen LogP contribution in [0, 0.1) is 11.6 Å². The summed E-state index contributed by atoms with van der Waals surface area (Å²) in [6.45, 7) is 3.57. The molecule has 0 fully saturated rings. The third-order valence-corrected chi connectivity index (χ3v) is 6.80. The summed E-state index contributed by atoms with van der Waals surface area (Å²) >= 11 is 0. The van der Waals surface area contributed by atoms with Gasteiger partial charge in [0.1, 0.15) is 0 Å². The summed E-state index contributed by atoms with van der Waals surface area (Å²) in [5, 5.41) is 2.87. The Bertz CT molecular complexity index is 1060. The van der Waals surface area contributed by atoms with Gasteiger partial charge in [0.05, 0.1) is 11.9 Å². The number of anilines is 2. The molecule has 0 saturated heterocycles. The van der Waals surface area contributed by atoms with Gasteiger partial charge in [-0.1, -0.05) is 18.2 Å². The van der Waals surface area contributed by atoms with Gasteiger partial charge in [0.2, 0.25) is 15.9 Å². The molecule has 1 amide bonds. The molecule has 9 heteroatoms. The molecule has 0 spiro atoms. The van der Waals surface area contributed by atoms with Gasteiger partial charge in [-0.15, -0.1) is 0 Å². The molecule has 1 N–H and O–H groups in total. The Balaban J connectivity index is 1.43. The normalized spacial score (nSPS) is 15.5. The molecule has 1 atom stereocenters. The Morgan fingerprint density at radius 2 is 1.91 bits per heavy atom. The van der Waals surface area contributed by atoms with Crippen LogP contribution in [0.1, 0.15) is 31.7 Å². The Morgan fingerprint density at radius 1 is 1.16 bits per heavy atom. The van der Waals surface area contributed by atoms with Crippen molar-refractivity contribution in [3.8, 4) is 0 Å². The molecule has 1 heterocycles. The average Bonchev–Trinajstić information content (AvgIpc) is 3.05. The molecular formula is C23H29F2N3O3S. The number of amides is 1. The largest absolute Gasteiger partial charge is 0.368 e. The third-order valence-electron chi connectivity index (χ3n) is 5.60. The van der Waals surface area contributed by atoms with Gasteiger partial charge in [-0.05, 0) is 49.9 Å². The lowest BCUT2D eigenvalue weighted by Crippen LogP contribution is -2.34. The fourth-order valence-electron chi connectivity index (χ4n) is 4.05. The second kappa shape index (κ2) is 10.3. The SMILES string of the molecule is C[C@@H]1Cc2ccccc2N1CCCNC(=O)CCCN(c1ccc(F)c(F)c1)S(C)(=O)=O. The van der Waals surface area contributed by atoms with E-state index in [-0.39, 0.29) is 31.0 Å². The van der Waals surface area contributed by atoms with Crippen molar-refractivity contribution in [3.05, 3.63) is 59.7 Å². The van der Waals surface area contributed by atoms with Gasteiger partial charge in [-0.2, -0.15) is 0 Å². The summed E-state index contributed by atoms with van der Waals surface area (Å²) < 4.78 is 51.8. The number of benzene rings is 2. The summed E-state index contributed by atoms with van der Waals surface area (Å²) in [5.41, 5.74) is 2.64. The summed E-state index contributed by atoms with van der Waals surface area (Å²) in [7, 11) is -3.70. The van der Waals surface area contributed by atoms with Crippen LogP contribution in [-0.2, 0) is 21.2 Å². The molecule has 0 aromatic heterocycles. The number of nitrogens with zero attached hydrogens (tertiary/aromatic N) is 2. The molecular weight excluding hydrogens is 436 g/mol. The molecule has 2 aromatic rings. The Labute approximate surface area is 188 Å². The Kier molecular flexibility index (Phi) is 7.71. The minimum Gasteiger partial charge on any atom is -0.368 e. The highest BCUT2D eigenvalue weighted by Crippen LogP contribution is 2.31. The highest BCUT2D eigenvalue weighted by molar-refractivity contribution is 7.92. The van der Waals surface area contributed by atoms with Crippen molar-refractivity contribution in [2.45, 2.75) is 38.6 Å². The molecule has 32 heavy (non-hydrogen) atoms. The van der Waals surface area contributed by atoms with E-state index >= 15 is 0 Å². The summed E-state index contributed by atoms with van der Waals surface area (Å²) in [6.07, 6.45) is 3.21. The van der Waals surface area contributed by atoms with Crippen LogP contribution in [0.4, 0.5) is 20.2 Å². The molecule has 3 rings (SSSR count). The van der Waals surface area contributed by atoms with E-state index in [2.05, 4.69) is 29.3 Å². The molecule has 0 unspecified atom stereocenters. The van der Waals surface area contributed by atoms with Crippen LogP contribution in [-0.4, -0.2) is 46.3 Å². The monoisotopic (exact) mass is 465 g/mol. The smallest absolute Gasteiger partial charge is 0.232 e. The first-order valence-corrected chi connectivity index (χ1v) is 12.6. The zero-order valence-electron chi connectivity index (χ0n) is 18.4. The number of hydrogen-bond acceptors (Lipinski definition) is 4. The number of rotatable bonds is 10. The standard InChI is InChI=1S/C23H29F2N3O3S/c1-17-15-18-7-3-4-8-22(18)27(17)13-6-12-26-23(29)9-5-14-28(32(2,30)31)19-10-11-20(24)21(25)16-19/h3-4,7-8,10-11,16-17H,5-6,9,12-15H2,1-2H3,(H,26,29)/t17-/m1/s1. The fraction of sp³-hybridized carbons (Fsp3) is 0.435. The minimum absolute atomic E-state index is 0.000593. The van der Waals surface area contributed by atoms with Gasteiger partial charge in [0, 0.05) is 43.9 Å². The molecule has 0 saturated carbocycles. The predicted molar refractivity (Wildman–Crippen MR) is 122 cm³/mol. The number of carbonyl (C=O) groups is 1. The van der Waals surface area contributed by atoms with Gasteiger partial charge in [-0.25, -0.2) is 17.2 Å². The predicted octanol–water partition coefficient (Wildman–Crippen LogP) is 3.47. The van der Waals surface area contributed by atoms with Crippen molar-refractivity contribution in [2.24, 2.45) is 0 Å². The molecule has 6 nitrogen and oxygen atoms in total. The Hall–Kier alpha value is -2.68. The lowest BCUT2D eigenvalue weighted by molar-refractivity contribution is -0.121. The molecule has 1 aliphatic rings. The first kappa shape index (κ1) is 24.0. The van der Waals surface area contributed by atoms with Crippen LogP contribution in [0.5, 0.6) is 0 Å². The molecule has 0 bridgehead atoms. The highest BCUT2D eigenvalue weighted by atomic mass is 32.2. The molecule has 0 radical (unpaired) electrons. The topological polar surface area (TPSA) is 69.7 Å². The number of para-hydroxylation sites is 1. The van der Waals surface area contributed by atoms with E-state index in [1.807, 2.05) is 12.1 Å². The van der Waals surface area contributed by atoms with E-state index in [9.17, 15) is 22.0 Å². The van der Waals surface area contributed by atoms with E-state index < -0.39 is 21.7 Å². The number of halogens is 2. The minimum atomic E-state index is -3.70. The van der Waals surface area contributed by atoms with Gasteiger partial charge in [0.15, 0.2) is 11.6 Å². The van der Waals surface area contributed by atoms with E-state index in [0.29, 0.717) is 12.6 Å². The van der Waals surface area contributed by atoms with Gasteiger partial charge < -0.3 is 10.2 Å². The van der Waals surface area contributed by atoms with E-state index in [4.69, 9.17) is 0 Å². The fourth-order valence-corrected chi connectivity index (χ4v) is 5.00. The number of fused-ring (bicyclic) bond motifs is 1. The first-order valence-electron chi connectivity index (χ1n) is 10.7. The molecule has 1 aliphatic heterocycles. The van der Waals surface area contributed by atoms with Crippen molar-refractivity contribution in [1.82, 2.24) is 5.32 Å². The Morgan fingerprint density at radius 3 is 2.62 bits per heavy atom. The van der Waals surface area contributed by atoms with Crippen LogP contribution in [0.15, 0.2) is 42.5 Å². The van der Waals surface area contributed by atoms with Crippen LogP contribution in [0.25, 0.3) is 0 Å². The van der Waals surface area contributed by atoms with Crippen molar-refractivity contribution in [3.63, 3.8) is 0 Å². The molecule has 0 aliphatic carbocycles. The lowest BCUT2D eigenvalue weighted by atomic mass is 10.1. The van der Waals surface area contributed by atoms with Crippen LogP contribution in [0.2, 0.25) is 0 Å². The molecule has 174 valence electrons. The third kappa shape index (κ3) is 5.97. The highest BCUT2D eigenvalue weighted by Gasteiger charge is 2.24. The number of carbonyl (C=O) groups excluding carboxylic acids is 1. The second-order valence-electron chi connectivity index (χ2n) is 8.12. The quantitative estimate of drug-likeness (QED) is 0.546. The zero-order chi connectivity index (χ0) is 23.3. The van der Waals surface area contributed by atoms with Crippen molar-refractivity contribution >= 4 is 27.3 Å². The van der Waals surface area contributed by atoms with Gasteiger partial charge in [-0.3, -0.25) is 9.10 Å². The maximum Gasteiger partial charge on any atom is 0.232 e. The number of hydrogen-bond donors (Lipinski definition) is 1. The van der Waals surface area contributed by atoms with E-state index in [1.54, 1.807) is 0 Å². The van der Waals surface area contributed by atoms with E-state index in [0.717, 1.165) is 42.1 Å². The lowest BCUT2D eigenvalue weighted by Gasteiger charge is -2.25. The van der Waals surface area contributed by atoms with Crippen molar-refractivity contribution in [2.75, 3.05) is 35.1 Å². The maximum absolute atomic E-state index is 13.5. The first-order chi connectivity index (χ1) is 15.2. The molecule has 2 aromatic carbocycles. The summed E-state index contributed by atoms with van der Waals surface area (Å²) in [4.78, 5) is 14.5. The van der Waals surface area contributed by atoms with Gasteiger partial charge in [0.25, 0.3) is 0 Å². The number of nitrogens with one attached hydrogen (secondary N) is 1. The van der Waals surface area contributed by atoms with Crippen molar-refractivity contribution < 1.29 is 22.0 Å². The second-order valence-corrected chi connectivity index (χ2v) is 10.0. The zero-order valence-corrected chi connectivity index (χ0v) is 19.2. The van der Waals surface area contributed by atoms with E-state index in [1.165, 1.54) is 17.3 Å². The maximum atomic E-state index is 13.5. The van der Waals surface area contributed by atoms with Crippen LogP contribution >= 0.6 is 0 Å². The van der Waals surface area contributed by atoms with Crippen molar-refractivity contribution in [1.29, 1.82) is 0 Å². The summed E-state index contributed by atoms with van der Waals surface area (Å²) in [5.74, 6) is -2.34. The number of sulfonamides is 1.